The van der Waals surface area contributed by atoms with E-state index in [0.717, 1.165) is 22.6 Å². The van der Waals surface area contributed by atoms with Gasteiger partial charge < -0.3 is 14.6 Å². The van der Waals surface area contributed by atoms with Gasteiger partial charge in [-0.25, -0.2) is 0 Å². The zero-order chi connectivity index (χ0) is 13.1. The minimum Gasteiger partial charge on any atom is -0.508 e. The van der Waals surface area contributed by atoms with E-state index in [0.29, 0.717) is 13.2 Å². The van der Waals surface area contributed by atoms with E-state index in [-0.39, 0.29) is 5.75 Å². The molecule has 96 valence electrons. The van der Waals surface area contributed by atoms with Crippen molar-refractivity contribution in [3.05, 3.63) is 53.6 Å². The van der Waals surface area contributed by atoms with Gasteiger partial charge in [0, 0.05) is 0 Å². The summed E-state index contributed by atoms with van der Waals surface area (Å²) in [6, 6.07) is 12.9. The fraction of sp³-hybridized carbons (Fsp3) is 0.125. The molecule has 0 atom stereocenters. The summed E-state index contributed by atoms with van der Waals surface area (Å²) in [6.45, 7) is 1.20. The summed E-state index contributed by atoms with van der Waals surface area (Å²) in [4.78, 5) is 0. The van der Waals surface area contributed by atoms with Crippen molar-refractivity contribution in [1.29, 1.82) is 0 Å². The molecule has 0 spiro atoms. The predicted molar refractivity (Wildman–Crippen MR) is 74.5 cm³/mol. The molecule has 2 aromatic carbocycles. The molecule has 0 bridgehead atoms. The SMILES string of the molecule is Oc1ccc(/C=C/c2ccc3c(c2)OCCO3)cc1. The van der Waals surface area contributed by atoms with Crippen LogP contribution in [0.2, 0.25) is 0 Å². The number of aromatic hydroxyl groups is 1. The highest BCUT2D eigenvalue weighted by Gasteiger charge is 2.10. The van der Waals surface area contributed by atoms with Gasteiger partial charge in [-0.15, -0.1) is 0 Å². The van der Waals surface area contributed by atoms with Crippen LogP contribution < -0.4 is 9.47 Å². The second-order valence-electron chi connectivity index (χ2n) is 4.33. The van der Waals surface area contributed by atoms with Gasteiger partial charge in [0.2, 0.25) is 0 Å². The van der Waals surface area contributed by atoms with Gasteiger partial charge in [-0.05, 0) is 35.4 Å². The number of benzene rings is 2. The zero-order valence-electron chi connectivity index (χ0n) is 10.4. The first-order valence-electron chi connectivity index (χ1n) is 6.18. The Morgan fingerprint density at radius 1 is 0.789 bits per heavy atom. The maximum Gasteiger partial charge on any atom is 0.161 e. The Hall–Kier alpha value is -2.42. The quantitative estimate of drug-likeness (QED) is 0.835. The summed E-state index contributed by atoms with van der Waals surface area (Å²) in [6.07, 6.45) is 4.00. The van der Waals surface area contributed by atoms with Crippen LogP contribution in [0.25, 0.3) is 12.2 Å². The first kappa shape index (κ1) is 11.7. The molecule has 1 heterocycles. The molecule has 3 nitrogen and oxygen atoms in total. The lowest BCUT2D eigenvalue weighted by Gasteiger charge is -2.18. The van der Waals surface area contributed by atoms with Crippen molar-refractivity contribution in [3.63, 3.8) is 0 Å². The third kappa shape index (κ3) is 2.71. The lowest BCUT2D eigenvalue weighted by atomic mass is 10.1. The molecule has 1 aliphatic heterocycles. The van der Waals surface area contributed by atoms with Crippen molar-refractivity contribution < 1.29 is 14.6 Å². The smallest absolute Gasteiger partial charge is 0.161 e. The van der Waals surface area contributed by atoms with Crippen LogP contribution in [-0.4, -0.2) is 18.3 Å². The molecule has 0 aliphatic carbocycles. The lowest BCUT2D eigenvalue weighted by molar-refractivity contribution is 0.171. The highest BCUT2D eigenvalue weighted by molar-refractivity contribution is 5.71. The normalized spacial score (nSPS) is 13.7. The summed E-state index contributed by atoms with van der Waals surface area (Å²) in [5, 5.41) is 9.22. The first-order chi connectivity index (χ1) is 9.31. The summed E-state index contributed by atoms with van der Waals surface area (Å²) in [5.74, 6) is 1.86. The van der Waals surface area contributed by atoms with Crippen molar-refractivity contribution in [2.45, 2.75) is 0 Å². The second-order valence-corrected chi connectivity index (χ2v) is 4.33. The van der Waals surface area contributed by atoms with Gasteiger partial charge in [-0.3, -0.25) is 0 Å². The predicted octanol–water partition coefficient (Wildman–Crippen LogP) is 3.33. The molecule has 1 N–H and O–H groups in total. The summed E-state index contributed by atoms with van der Waals surface area (Å²) >= 11 is 0. The first-order valence-corrected chi connectivity index (χ1v) is 6.18. The molecule has 0 saturated carbocycles. The molecule has 0 fully saturated rings. The van der Waals surface area contributed by atoms with Crippen molar-refractivity contribution in [2.75, 3.05) is 13.2 Å². The second kappa shape index (κ2) is 5.06. The molecule has 3 rings (SSSR count). The largest absolute Gasteiger partial charge is 0.508 e. The number of rotatable bonds is 2. The third-order valence-electron chi connectivity index (χ3n) is 2.93. The third-order valence-corrected chi connectivity index (χ3v) is 2.93. The van der Waals surface area contributed by atoms with Crippen molar-refractivity contribution in [2.24, 2.45) is 0 Å². The minimum absolute atomic E-state index is 0.275. The van der Waals surface area contributed by atoms with Gasteiger partial charge in [0.25, 0.3) is 0 Å². The van der Waals surface area contributed by atoms with E-state index in [4.69, 9.17) is 9.47 Å². The zero-order valence-corrected chi connectivity index (χ0v) is 10.4. The van der Waals surface area contributed by atoms with Crippen LogP contribution >= 0.6 is 0 Å². The van der Waals surface area contributed by atoms with Gasteiger partial charge in [-0.2, -0.15) is 0 Å². The minimum atomic E-state index is 0.275. The van der Waals surface area contributed by atoms with Gasteiger partial charge in [0.05, 0.1) is 0 Å². The van der Waals surface area contributed by atoms with Crippen molar-refractivity contribution >= 4 is 12.2 Å². The van der Waals surface area contributed by atoms with E-state index >= 15 is 0 Å². The monoisotopic (exact) mass is 254 g/mol. The van der Waals surface area contributed by atoms with E-state index in [1.807, 2.05) is 42.5 Å². The number of phenolic OH excluding ortho intramolecular Hbond substituents is 1. The van der Waals surface area contributed by atoms with Gasteiger partial charge in [0.15, 0.2) is 11.5 Å². The van der Waals surface area contributed by atoms with Gasteiger partial charge in [-0.1, -0.05) is 30.4 Å². The molecular weight excluding hydrogens is 240 g/mol. The van der Waals surface area contributed by atoms with Crippen LogP contribution in [0.5, 0.6) is 17.2 Å². The molecule has 0 amide bonds. The van der Waals surface area contributed by atoms with Gasteiger partial charge >= 0.3 is 0 Å². The maximum atomic E-state index is 9.22. The standard InChI is InChI=1S/C16H14O3/c17-14-6-3-12(4-7-14)1-2-13-5-8-15-16(11-13)19-10-9-18-15/h1-8,11,17H,9-10H2/b2-1+. The Kier molecular flexibility index (Phi) is 3.11. The topological polar surface area (TPSA) is 38.7 Å². The number of phenols is 1. The Morgan fingerprint density at radius 2 is 1.42 bits per heavy atom. The number of ether oxygens (including phenoxy) is 2. The average Bonchev–Trinajstić information content (AvgIpc) is 2.46. The number of hydrogen-bond acceptors (Lipinski definition) is 3. The van der Waals surface area contributed by atoms with Crippen LogP contribution in [-0.2, 0) is 0 Å². The average molecular weight is 254 g/mol. The number of hydrogen-bond donors (Lipinski definition) is 1. The molecule has 0 saturated heterocycles. The Balaban J connectivity index is 1.81. The Labute approximate surface area is 111 Å². The summed E-state index contributed by atoms with van der Waals surface area (Å²) < 4.78 is 11.0. The van der Waals surface area contributed by atoms with E-state index < -0.39 is 0 Å². The highest BCUT2D eigenvalue weighted by Crippen LogP contribution is 2.31. The molecule has 0 radical (unpaired) electrons. The molecule has 1 aliphatic rings. The van der Waals surface area contributed by atoms with Gasteiger partial charge in [0.1, 0.15) is 19.0 Å². The van der Waals surface area contributed by atoms with E-state index in [9.17, 15) is 5.11 Å². The molecule has 2 aromatic rings. The Morgan fingerprint density at radius 3 is 2.21 bits per heavy atom. The highest BCUT2D eigenvalue weighted by atomic mass is 16.6. The maximum absolute atomic E-state index is 9.22. The van der Waals surface area contributed by atoms with Crippen LogP contribution in [0.15, 0.2) is 42.5 Å². The van der Waals surface area contributed by atoms with Crippen molar-refractivity contribution in [1.82, 2.24) is 0 Å². The van der Waals surface area contributed by atoms with Crippen molar-refractivity contribution in [3.8, 4) is 17.2 Å². The fourth-order valence-electron chi connectivity index (χ4n) is 1.94. The molecule has 3 heteroatoms. The number of fused-ring (bicyclic) bond motifs is 1. The van der Waals surface area contributed by atoms with Crippen LogP contribution in [0.1, 0.15) is 11.1 Å². The molecule has 19 heavy (non-hydrogen) atoms. The van der Waals surface area contributed by atoms with Crippen LogP contribution in [0.4, 0.5) is 0 Å². The molecular formula is C16H14O3. The molecule has 0 unspecified atom stereocenters. The van der Waals surface area contributed by atoms with E-state index in [1.54, 1.807) is 12.1 Å². The van der Waals surface area contributed by atoms with Crippen LogP contribution in [0.3, 0.4) is 0 Å². The van der Waals surface area contributed by atoms with Crippen LogP contribution in [0, 0.1) is 0 Å². The fourth-order valence-corrected chi connectivity index (χ4v) is 1.94. The lowest BCUT2D eigenvalue weighted by Crippen LogP contribution is -2.15. The Bertz CT molecular complexity index is 600. The van der Waals surface area contributed by atoms with E-state index in [1.165, 1.54) is 0 Å². The summed E-state index contributed by atoms with van der Waals surface area (Å²) in [7, 11) is 0. The van der Waals surface area contributed by atoms with E-state index in [2.05, 4.69) is 0 Å². The molecule has 0 aromatic heterocycles. The summed E-state index contributed by atoms with van der Waals surface area (Å²) in [5.41, 5.74) is 2.09.